The van der Waals surface area contributed by atoms with E-state index in [1.165, 1.54) is 7.11 Å². The lowest BCUT2D eigenvalue weighted by molar-refractivity contribution is 0.102. The molecule has 1 aromatic heterocycles. The van der Waals surface area contributed by atoms with Crippen molar-refractivity contribution in [1.82, 2.24) is 9.55 Å². The summed E-state index contributed by atoms with van der Waals surface area (Å²) in [6, 6.07) is 20.7. The minimum absolute atomic E-state index is 0.267. The molecule has 4 aromatic rings. The fraction of sp³-hybridized carbons (Fsp3) is 0.130. The number of rotatable bonds is 5. The Labute approximate surface area is 168 Å². The second-order valence-corrected chi connectivity index (χ2v) is 6.58. The molecule has 29 heavy (non-hydrogen) atoms. The Kier molecular flexibility index (Phi) is 4.91. The van der Waals surface area contributed by atoms with Gasteiger partial charge in [-0.2, -0.15) is 0 Å². The van der Waals surface area contributed by atoms with E-state index in [0.29, 0.717) is 22.7 Å². The van der Waals surface area contributed by atoms with Crippen LogP contribution in [0.15, 0.2) is 66.7 Å². The van der Waals surface area contributed by atoms with E-state index in [2.05, 4.69) is 9.88 Å². The third kappa shape index (κ3) is 3.52. The minimum Gasteiger partial charge on any atom is -0.497 e. The lowest BCUT2D eigenvalue weighted by Gasteiger charge is -2.11. The molecule has 1 amide bonds. The number of aryl methyl sites for hydroxylation is 1. The zero-order valence-electron chi connectivity index (χ0n) is 16.5. The highest BCUT2D eigenvalue weighted by molar-refractivity contribution is 6.06. The first-order valence-corrected chi connectivity index (χ1v) is 9.16. The van der Waals surface area contributed by atoms with Crippen LogP contribution in [0, 0.1) is 0 Å². The molecular weight excluding hydrogens is 366 g/mol. The van der Waals surface area contributed by atoms with Gasteiger partial charge in [-0.05, 0) is 54.6 Å². The Morgan fingerprint density at radius 2 is 1.72 bits per heavy atom. The molecule has 0 radical (unpaired) electrons. The normalized spacial score (nSPS) is 10.7. The van der Waals surface area contributed by atoms with Gasteiger partial charge < -0.3 is 19.4 Å². The highest BCUT2D eigenvalue weighted by Gasteiger charge is 2.15. The summed E-state index contributed by atoms with van der Waals surface area (Å²) in [5.74, 6) is 1.68. The van der Waals surface area contributed by atoms with Crippen LogP contribution in [0.4, 0.5) is 5.69 Å². The van der Waals surface area contributed by atoms with Gasteiger partial charge in [-0.15, -0.1) is 0 Å². The summed E-state index contributed by atoms with van der Waals surface area (Å²) in [6.45, 7) is 0. The molecule has 0 atom stereocenters. The fourth-order valence-electron chi connectivity index (χ4n) is 3.30. The molecule has 1 heterocycles. The number of para-hydroxylation sites is 2. The monoisotopic (exact) mass is 387 g/mol. The van der Waals surface area contributed by atoms with Gasteiger partial charge in [0.05, 0.1) is 30.8 Å². The molecule has 6 nitrogen and oxygen atoms in total. The Hall–Kier alpha value is -3.80. The number of nitrogens with one attached hydrogen (secondary N) is 1. The molecule has 0 saturated carbocycles. The van der Waals surface area contributed by atoms with E-state index in [0.717, 1.165) is 22.4 Å². The maximum Gasteiger partial charge on any atom is 0.259 e. The maximum absolute atomic E-state index is 12.7. The Morgan fingerprint density at radius 1 is 0.966 bits per heavy atom. The average Bonchev–Trinajstić information content (AvgIpc) is 3.10. The summed E-state index contributed by atoms with van der Waals surface area (Å²) >= 11 is 0. The average molecular weight is 387 g/mol. The van der Waals surface area contributed by atoms with Gasteiger partial charge in [0.1, 0.15) is 17.3 Å². The molecule has 0 aliphatic carbocycles. The maximum atomic E-state index is 12.7. The van der Waals surface area contributed by atoms with Crippen molar-refractivity contribution in [2.24, 2.45) is 7.05 Å². The smallest absolute Gasteiger partial charge is 0.259 e. The van der Waals surface area contributed by atoms with Crippen molar-refractivity contribution in [1.29, 1.82) is 0 Å². The van der Waals surface area contributed by atoms with E-state index in [9.17, 15) is 4.79 Å². The highest BCUT2D eigenvalue weighted by Crippen LogP contribution is 2.27. The third-order valence-corrected chi connectivity index (χ3v) is 4.84. The molecule has 0 aliphatic heterocycles. The van der Waals surface area contributed by atoms with Crippen LogP contribution in [0.3, 0.4) is 0 Å². The number of hydrogen-bond donors (Lipinski definition) is 1. The topological polar surface area (TPSA) is 65.4 Å². The van der Waals surface area contributed by atoms with Gasteiger partial charge in [0.15, 0.2) is 0 Å². The highest BCUT2D eigenvalue weighted by atomic mass is 16.5. The number of anilines is 1. The number of carbonyl (C=O) groups excluding carboxylic acids is 1. The van der Waals surface area contributed by atoms with Gasteiger partial charge >= 0.3 is 0 Å². The number of benzene rings is 3. The summed E-state index contributed by atoms with van der Waals surface area (Å²) < 4.78 is 12.6. The van der Waals surface area contributed by atoms with Gasteiger partial charge in [-0.1, -0.05) is 12.1 Å². The summed E-state index contributed by atoms with van der Waals surface area (Å²) in [5.41, 5.74) is 4.09. The lowest BCUT2D eigenvalue weighted by Crippen LogP contribution is -2.13. The molecule has 0 saturated heterocycles. The number of ether oxygens (including phenoxy) is 2. The second kappa shape index (κ2) is 7.67. The van der Waals surface area contributed by atoms with Gasteiger partial charge in [-0.25, -0.2) is 4.98 Å². The largest absolute Gasteiger partial charge is 0.497 e. The summed E-state index contributed by atoms with van der Waals surface area (Å²) in [7, 11) is 5.09. The van der Waals surface area contributed by atoms with E-state index in [-0.39, 0.29) is 5.91 Å². The SMILES string of the molecule is COc1ccc(OC)c(C(=O)Nc2ccc(-c3nc4ccccc4n3C)cc2)c1. The molecule has 3 aromatic carbocycles. The van der Waals surface area contributed by atoms with E-state index >= 15 is 0 Å². The molecular formula is C23H21N3O3. The standard InChI is InChI=1S/C23H21N3O3/c1-26-20-7-5-4-6-19(20)25-22(26)15-8-10-16(11-9-15)24-23(27)18-14-17(28-2)12-13-21(18)29-3/h4-14H,1-3H3,(H,24,27). The molecule has 1 N–H and O–H groups in total. The third-order valence-electron chi connectivity index (χ3n) is 4.84. The van der Waals surface area contributed by atoms with Gasteiger partial charge in [0.2, 0.25) is 0 Å². The van der Waals surface area contributed by atoms with E-state index in [1.54, 1.807) is 25.3 Å². The lowest BCUT2D eigenvalue weighted by atomic mass is 10.1. The number of aromatic nitrogens is 2. The first kappa shape index (κ1) is 18.6. The van der Waals surface area contributed by atoms with Crippen LogP contribution in [0.5, 0.6) is 11.5 Å². The van der Waals surface area contributed by atoms with Crippen LogP contribution in [-0.2, 0) is 7.05 Å². The predicted octanol–water partition coefficient (Wildman–Crippen LogP) is 4.51. The Bertz CT molecular complexity index is 1180. The predicted molar refractivity (Wildman–Crippen MR) is 114 cm³/mol. The van der Waals surface area contributed by atoms with Crippen molar-refractivity contribution in [3.63, 3.8) is 0 Å². The first-order valence-electron chi connectivity index (χ1n) is 9.16. The summed E-state index contributed by atoms with van der Waals surface area (Å²) in [5, 5.41) is 2.90. The van der Waals surface area contributed by atoms with Crippen LogP contribution in [-0.4, -0.2) is 29.7 Å². The quantitative estimate of drug-likeness (QED) is 0.547. The van der Waals surface area contributed by atoms with Gasteiger partial charge in [0, 0.05) is 18.3 Å². The van der Waals surface area contributed by atoms with Crippen molar-refractivity contribution in [2.75, 3.05) is 19.5 Å². The van der Waals surface area contributed by atoms with Crippen molar-refractivity contribution < 1.29 is 14.3 Å². The molecule has 0 bridgehead atoms. The Morgan fingerprint density at radius 3 is 2.41 bits per heavy atom. The number of methoxy groups -OCH3 is 2. The van der Waals surface area contributed by atoms with E-state index < -0.39 is 0 Å². The van der Waals surface area contributed by atoms with Crippen molar-refractivity contribution in [3.05, 3.63) is 72.3 Å². The first-order chi connectivity index (χ1) is 14.1. The number of imidazole rings is 1. The van der Waals surface area contributed by atoms with E-state index in [4.69, 9.17) is 14.5 Å². The fourth-order valence-corrected chi connectivity index (χ4v) is 3.30. The zero-order chi connectivity index (χ0) is 20.4. The molecule has 0 unspecified atom stereocenters. The second-order valence-electron chi connectivity index (χ2n) is 6.58. The minimum atomic E-state index is -0.267. The van der Waals surface area contributed by atoms with Crippen molar-refractivity contribution in [3.8, 4) is 22.9 Å². The number of hydrogen-bond acceptors (Lipinski definition) is 4. The van der Waals surface area contributed by atoms with Crippen molar-refractivity contribution in [2.45, 2.75) is 0 Å². The van der Waals surface area contributed by atoms with Gasteiger partial charge in [-0.3, -0.25) is 4.79 Å². The van der Waals surface area contributed by atoms with Crippen LogP contribution < -0.4 is 14.8 Å². The molecule has 6 heteroatoms. The van der Waals surface area contributed by atoms with Crippen molar-refractivity contribution >= 4 is 22.6 Å². The zero-order valence-corrected chi connectivity index (χ0v) is 16.5. The summed E-state index contributed by atoms with van der Waals surface area (Å²) in [6.07, 6.45) is 0. The Balaban J connectivity index is 1.58. The molecule has 0 spiro atoms. The number of nitrogens with zero attached hydrogens (tertiary/aromatic N) is 2. The van der Waals surface area contributed by atoms with Crippen LogP contribution in [0.25, 0.3) is 22.4 Å². The number of fused-ring (bicyclic) bond motifs is 1. The van der Waals surface area contributed by atoms with Crippen LogP contribution in [0.1, 0.15) is 10.4 Å². The summed E-state index contributed by atoms with van der Waals surface area (Å²) in [4.78, 5) is 17.4. The number of carbonyl (C=O) groups is 1. The molecule has 146 valence electrons. The molecule has 4 rings (SSSR count). The van der Waals surface area contributed by atoms with Crippen LogP contribution in [0.2, 0.25) is 0 Å². The van der Waals surface area contributed by atoms with Gasteiger partial charge in [0.25, 0.3) is 5.91 Å². The molecule has 0 fully saturated rings. The van der Waals surface area contributed by atoms with Crippen LogP contribution >= 0.6 is 0 Å². The molecule has 0 aliphatic rings. The van der Waals surface area contributed by atoms with E-state index in [1.807, 2.05) is 55.6 Å². The number of amides is 1.